The molecule has 0 fully saturated rings. The molecule has 3 aromatic rings. The van der Waals surface area contributed by atoms with E-state index in [-0.39, 0.29) is 23.0 Å². The van der Waals surface area contributed by atoms with Crippen LogP contribution in [0.3, 0.4) is 0 Å². The number of hydrogen-bond donors (Lipinski definition) is 3. The number of carboxylic acids is 1. The lowest BCUT2D eigenvalue weighted by Gasteiger charge is -2.07. The number of benzene rings is 2. The van der Waals surface area contributed by atoms with Crippen LogP contribution in [0, 0.1) is 13.8 Å². The molecule has 2 aromatic carbocycles. The van der Waals surface area contributed by atoms with Crippen LogP contribution >= 0.6 is 0 Å². The molecule has 8 heteroatoms. The van der Waals surface area contributed by atoms with Gasteiger partial charge in [0.2, 0.25) is 0 Å². The molecule has 0 spiro atoms. The van der Waals surface area contributed by atoms with Crippen LogP contribution in [0.1, 0.15) is 33.6 Å². The first kappa shape index (κ1) is 21.6. The predicted molar refractivity (Wildman–Crippen MR) is 122 cm³/mol. The first-order valence-corrected chi connectivity index (χ1v) is 11.6. The molecule has 0 radical (unpaired) electrons. The number of H-pyrrole nitrogens is 1. The first-order valence-electron chi connectivity index (χ1n) is 9.99. The molecule has 1 aromatic heterocycles. The van der Waals surface area contributed by atoms with Crippen molar-refractivity contribution in [3.05, 3.63) is 82.2 Å². The number of anilines is 1. The summed E-state index contributed by atoms with van der Waals surface area (Å²) in [7, 11) is -3.61. The Labute approximate surface area is 185 Å². The zero-order chi connectivity index (χ0) is 23.0. The zero-order valence-electron chi connectivity index (χ0n) is 17.6. The molecule has 164 valence electrons. The third-order valence-corrected chi connectivity index (χ3v) is 7.27. The fourth-order valence-corrected chi connectivity index (χ4v) is 5.27. The molecule has 0 saturated heterocycles. The van der Waals surface area contributed by atoms with Crippen molar-refractivity contribution in [3.8, 4) is 0 Å². The number of carbonyl (C=O) groups excluding carboxylic acids is 1. The van der Waals surface area contributed by atoms with Gasteiger partial charge in [0.1, 0.15) is 0 Å². The minimum atomic E-state index is -3.61. The van der Waals surface area contributed by atoms with E-state index in [0.717, 1.165) is 11.3 Å². The summed E-state index contributed by atoms with van der Waals surface area (Å²) < 4.78 is 25.9. The average Bonchev–Trinajstić information content (AvgIpc) is 3.18. The van der Waals surface area contributed by atoms with Gasteiger partial charge in [-0.1, -0.05) is 30.3 Å². The van der Waals surface area contributed by atoms with E-state index in [4.69, 9.17) is 5.11 Å². The Morgan fingerprint density at radius 1 is 1.09 bits per heavy atom. The van der Waals surface area contributed by atoms with E-state index >= 15 is 0 Å². The highest BCUT2D eigenvalue weighted by molar-refractivity contribution is 7.90. The molecule has 1 aliphatic rings. The minimum Gasteiger partial charge on any atom is -0.481 e. The van der Waals surface area contributed by atoms with Crippen molar-refractivity contribution in [2.24, 2.45) is 0 Å². The highest BCUT2D eigenvalue weighted by atomic mass is 32.2. The van der Waals surface area contributed by atoms with Gasteiger partial charge in [-0.25, -0.2) is 8.42 Å². The fourth-order valence-electron chi connectivity index (χ4n) is 3.90. The number of fused-ring (bicyclic) bond motifs is 1. The van der Waals surface area contributed by atoms with Crippen LogP contribution in [0.4, 0.5) is 5.69 Å². The van der Waals surface area contributed by atoms with E-state index < -0.39 is 15.8 Å². The van der Waals surface area contributed by atoms with E-state index in [1.54, 1.807) is 50.3 Å². The molecule has 0 aliphatic carbocycles. The molecular formula is C24H22N2O5S. The molecule has 0 unspecified atom stereocenters. The molecule has 7 nitrogen and oxygen atoms in total. The second-order valence-electron chi connectivity index (χ2n) is 7.80. The Hall–Kier alpha value is -3.65. The average molecular weight is 451 g/mol. The maximum atomic E-state index is 13.0. The Balaban J connectivity index is 1.73. The van der Waals surface area contributed by atoms with Gasteiger partial charge in [-0.3, -0.25) is 9.59 Å². The van der Waals surface area contributed by atoms with E-state index in [1.165, 1.54) is 12.1 Å². The minimum absolute atomic E-state index is 0.123. The second-order valence-corrected chi connectivity index (χ2v) is 9.79. The standard InChI is InChI=1S/C24H22N2O5S/c1-14-18(12-23(27)28)15(2)25-22(14)11-20-19-10-17(8-9-21(19)26-24(20)29)32(30,31)13-16-6-4-3-5-7-16/h3-11,25H,12-13H2,1-2H3,(H,26,29)(H,27,28). The van der Waals surface area contributed by atoms with Crippen LogP contribution in [-0.2, 0) is 31.6 Å². The predicted octanol–water partition coefficient (Wildman–Crippen LogP) is 3.73. The van der Waals surface area contributed by atoms with E-state index in [9.17, 15) is 18.0 Å². The van der Waals surface area contributed by atoms with Gasteiger partial charge < -0.3 is 15.4 Å². The number of aromatic nitrogens is 1. The van der Waals surface area contributed by atoms with Crippen LogP contribution in [0.25, 0.3) is 11.6 Å². The number of amides is 1. The normalized spacial score (nSPS) is 14.4. The number of aromatic amines is 1. The number of aliphatic carboxylic acids is 1. The number of nitrogens with one attached hydrogen (secondary N) is 2. The Kier molecular flexibility index (Phi) is 5.48. The second kappa shape index (κ2) is 8.12. The smallest absolute Gasteiger partial charge is 0.307 e. The van der Waals surface area contributed by atoms with Gasteiger partial charge >= 0.3 is 5.97 Å². The largest absolute Gasteiger partial charge is 0.481 e. The van der Waals surface area contributed by atoms with Crippen molar-refractivity contribution in [2.45, 2.75) is 30.9 Å². The van der Waals surface area contributed by atoms with Crippen LogP contribution in [-0.4, -0.2) is 30.4 Å². The van der Waals surface area contributed by atoms with Gasteiger partial charge in [0.05, 0.1) is 22.6 Å². The summed E-state index contributed by atoms with van der Waals surface area (Å²) in [5.74, 6) is -1.42. The summed E-state index contributed by atoms with van der Waals surface area (Å²) in [5, 5.41) is 11.9. The molecule has 3 N–H and O–H groups in total. The van der Waals surface area contributed by atoms with Crippen molar-refractivity contribution in [1.82, 2.24) is 4.98 Å². The maximum Gasteiger partial charge on any atom is 0.307 e. The summed E-state index contributed by atoms with van der Waals surface area (Å²) in [6.45, 7) is 3.58. The molecule has 4 rings (SSSR count). The molecule has 0 saturated carbocycles. The van der Waals surface area contributed by atoms with Gasteiger partial charge in [-0.05, 0) is 54.8 Å². The lowest BCUT2D eigenvalue weighted by molar-refractivity contribution is -0.136. The number of carbonyl (C=O) groups is 2. The van der Waals surface area contributed by atoms with Crippen molar-refractivity contribution >= 4 is 39.1 Å². The fraction of sp³-hybridized carbons (Fsp3) is 0.167. The summed E-state index contributed by atoms with van der Waals surface area (Å²) in [4.78, 5) is 27.1. The Bertz CT molecular complexity index is 1370. The van der Waals surface area contributed by atoms with Gasteiger partial charge in [-0.2, -0.15) is 0 Å². The SMILES string of the molecule is Cc1[nH]c(C=C2C(=O)Nc3ccc(S(=O)(=O)Cc4ccccc4)cc32)c(C)c1CC(=O)O. The van der Waals surface area contributed by atoms with Crippen LogP contribution in [0.15, 0.2) is 53.4 Å². The number of carboxylic acid groups (broad SMARTS) is 1. The van der Waals surface area contributed by atoms with Crippen LogP contribution in [0.5, 0.6) is 0 Å². The van der Waals surface area contributed by atoms with Gasteiger partial charge in [0, 0.05) is 22.6 Å². The van der Waals surface area contributed by atoms with Crippen molar-refractivity contribution in [3.63, 3.8) is 0 Å². The number of hydrogen-bond acceptors (Lipinski definition) is 4. The number of sulfone groups is 1. The van der Waals surface area contributed by atoms with Crippen molar-refractivity contribution < 1.29 is 23.1 Å². The molecule has 0 atom stereocenters. The Morgan fingerprint density at radius 3 is 2.50 bits per heavy atom. The quantitative estimate of drug-likeness (QED) is 0.495. The lowest BCUT2D eigenvalue weighted by Crippen LogP contribution is -2.05. The van der Waals surface area contributed by atoms with E-state index in [0.29, 0.717) is 33.6 Å². The van der Waals surface area contributed by atoms with E-state index in [1.807, 2.05) is 6.07 Å². The van der Waals surface area contributed by atoms with Crippen molar-refractivity contribution in [1.29, 1.82) is 0 Å². The third-order valence-electron chi connectivity index (χ3n) is 5.58. The Morgan fingerprint density at radius 2 is 1.81 bits per heavy atom. The highest BCUT2D eigenvalue weighted by Crippen LogP contribution is 2.36. The first-order chi connectivity index (χ1) is 15.2. The molecule has 1 aliphatic heterocycles. The molecule has 0 bridgehead atoms. The van der Waals surface area contributed by atoms with Gasteiger partial charge in [-0.15, -0.1) is 0 Å². The summed E-state index contributed by atoms with van der Waals surface area (Å²) >= 11 is 0. The van der Waals surface area contributed by atoms with Crippen molar-refractivity contribution in [2.75, 3.05) is 5.32 Å². The topological polar surface area (TPSA) is 116 Å². The monoisotopic (exact) mass is 450 g/mol. The molecule has 1 amide bonds. The highest BCUT2D eigenvalue weighted by Gasteiger charge is 2.27. The molecular weight excluding hydrogens is 428 g/mol. The zero-order valence-corrected chi connectivity index (χ0v) is 18.4. The summed E-state index contributed by atoms with van der Waals surface area (Å²) in [6.07, 6.45) is 1.52. The molecule has 2 heterocycles. The van der Waals surface area contributed by atoms with Crippen LogP contribution in [0.2, 0.25) is 0 Å². The van der Waals surface area contributed by atoms with Gasteiger partial charge in [0.25, 0.3) is 5.91 Å². The third kappa shape index (κ3) is 4.09. The number of rotatable bonds is 6. The van der Waals surface area contributed by atoms with Gasteiger partial charge in [0.15, 0.2) is 9.84 Å². The molecule has 32 heavy (non-hydrogen) atoms. The lowest BCUT2D eigenvalue weighted by atomic mass is 10.0. The summed E-state index contributed by atoms with van der Waals surface area (Å²) in [5.41, 5.74) is 4.78. The number of aryl methyl sites for hydroxylation is 1. The van der Waals surface area contributed by atoms with E-state index in [2.05, 4.69) is 10.3 Å². The van der Waals surface area contributed by atoms with Crippen LogP contribution < -0.4 is 5.32 Å². The summed E-state index contributed by atoms with van der Waals surface area (Å²) in [6, 6.07) is 13.5. The maximum absolute atomic E-state index is 13.0.